The molecule has 13 heavy (non-hydrogen) atoms. The van der Waals surface area contributed by atoms with Crippen LogP contribution in [0.1, 0.15) is 44.5 Å². The summed E-state index contributed by atoms with van der Waals surface area (Å²) < 4.78 is 2.16. The molecule has 1 aliphatic rings. The van der Waals surface area contributed by atoms with Gasteiger partial charge in [0.25, 0.3) is 0 Å². The number of imidazole rings is 1. The first-order valence-corrected chi connectivity index (χ1v) is 5.04. The largest absolute Gasteiger partial charge is 0.335 e. The number of aromatic nitrogens is 2. The summed E-state index contributed by atoms with van der Waals surface area (Å²) in [5.41, 5.74) is 1.20. The fourth-order valence-corrected chi connectivity index (χ4v) is 1.75. The van der Waals surface area contributed by atoms with Gasteiger partial charge in [-0.05, 0) is 33.2 Å². The first kappa shape index (κ1) is 8.75. The lowest BCUT2D eigenvalue weighted by molar-refractivity contribution is 0.593. The van der Waals surface area contributed by atoms with E-state index in [9.17, 15) is 0 Å². The van der Waals surface area contributed by atoms with Gasteiger partial charge >= 0.3 is 0 Å². The predicted molar refractivity (Wildman–Crippen MR) is 52.6 cm³/mol. The van der Waals surface area contributed by atoms with Crippen LogP contribution in [-0.4, -0.2) is 16.1 Å². The standard InChI is InChI=1S/C10H17N3/c1-8(2)13-6-10(12-7-13)9-4-3-5-11-9/h6-9,11H,3-5H2,1-2H3/t9-/m0/s1. The van der Waals surface area contributed by atoms with Crippen molar-refractivity contribution in [3.8, 4) is 0 Å². The van der Waals surface area contributed by atoms with Gasteiger partial charge in [-0.2, -0.15) is 0 Å². The summed E-state index contributed by atoms with van der Waals surface area (Å²) in [4.78, 5) is 4.42. The Labute approximate surface area is 79.2 Å². The van der Waals surface area contributed by atoms with Crippen molar-refractivity contribution in [2.45, 2.75) is 38.8 Å². The highest BCUT2D eigenvalue weighted by molar-refractivity contribution is 5.06. The molecule has 0 aliphatic carbocycles. The van der Waals surface area contributed by atoms with Gasteiger partial charge in [0.15, 0.2) is 0 Å². The second kappa shape index (κ2) is 3.50. The molecule has 2 rings (SSSR count). The van der Waals surface area contributed by atoms with Gasteiger partial charge in [0.05, 0.1) is 18.1 Å². The quantitative estimate of drug-likeness (QED) is 0.751. The molecule has 0 spiro atoms. The molecule has 3 nitrogen and oxygen atoms in total. The molecule has 1 atom stereocenters. The van der Waals surface area contributed by atoms with Crippen LogP contribution in [0, 0.1) is 0 Å². The number of hydrogen-bond donors (Lipinski definition) is 1. The molecule has 0 aromatic carbocycles. The molecule has 1 aromatic heterocycles. The zero-order valence-corrected chi connectivity index (χ0v) is 8.33. The Balaban J connectivity index is 2.12. The Bertz CT molecular complexity index is 271. The van der Waals surface area contributed by atoms with E-state index in [1.807, 2.05) is 6.33 Å². The van der Waals surface area contributed by atoms with Crippen LogP contribution in [-0.2, 0) is 0 Å². The smallest absolute Gasteiger partial charge is 0.0952 e. The third-order valence-electron chi connectivity index (χ3n) is 2.64. The Morgan fingerprint density at radius 1 is 1.62 bits per heavy atom. The first-order chi connectivity index (χ1) is 6.27. The highest BCUT2D eigenvalue weighted by Gasteiger charge is 2.18. The molecule has 0 amide bonds. The van der Waals surface area contributed by atoms with E-state index in [4.69, 9.17) is 0 Å². The summed E-state index contributed by atoms with van der Waals surface area (Å²) in [6.45, 7) is 5.49. The van der Waals surface area contributed by atoms with E-state index < -0.39 is 0 Å². The first-order valence-electron chi connectivity index (χ1n) is 5.04. The summed E-state index contributed by atoms with van der Waals surface area (Å²) in [5.74, 6) is 0. The lowest BCUT2D eigenvalue weighted by Gasteiger charge is -2.06. The molecule has 72 valence electrons. The Kier molecular flexibility index (Phi) is 2.36. The van der Waals surface area contributed by atoms with Crippen molar-refractivity contribution in [1.29, 1.82) is 0 Å². The Hall–Kier alpha value is -0.830. The maximum Gasteiger partial charge on any atom is 0.0952 e. The van der Waals surface area contributed by atoms with Crippen LogP contribution in [0.25, 0.3) is 0 Å². The third-order valence-corrected chi connectivity index (χ3v) is 2.64. The summed E-state index contributed by atoms with van der Waals surface area (Å²) in [5, 5.41) is 3.45. The molecule has 0 bridgehead atoms. The minimum atomic E-state index is 0.500. The Morgan fingerprint density at radius 2 is 2.46 bits per heavy atom. The average Bonchev–Trinajstić information content (AvgIpc) is 2.75. The van der Waals surface area contributed by atoms with Gasteiger partial charge in [-0.15, -0.1) is 0 Å². The fraction of sp³-hybridized carbons (Fsp3) is 0.700. The maximum absolute atomic E-state index is 4.42. The number of nitrogens with one attached hydrogen (secondary N) is 1. The topological polar surface area (TPSA) is 29.9 Å². The van der Waals surface area contributed by atoms with E-state index >= 15 is 0 Å². The van der Waals surface area contributed by atoms with E-state index in [-0.39, 0.29) is 0 Å². The number of rotatable bonds is 2. The van der Waals surface area contributed by atoms with E-state index in [0.29, 0.717) is 12.1 Å². The van der Waals surface area contributed by atoms with Crippen molar-refractivity contribution in [2.75, 3.05) is 6.54 Å². The summed E-state index contributed by atoms with van der Waals surface area (Å²) in [6.07, 6.45) is 6.60. The van der Waals surface area contributed by atoms with Crippen LogP contribution >= 0.6 is 0 Å². The SMILES string of the molecule is CC(C)n1cnc([C@@H]2CCCN2)c1. The molecular weight excluding hydrogens is 162 g/mol. The lowest BCUT2D eigenvalue weighted by Crippen LogP contribution is -2.13. The van der Waals surface area contributed by atoms with Crippen molar-refractivity contribution < 1.29 is 0 Å². The normalized spacial score (nSPS) is 22.8. The van der Waals surface area contributed by atoms with Crippen molar-refractivity contribution in [1.82, 2.24) is 14.9 Å². The van der Waals surface area contributed by atoms with Crippen LogP contribution in [0.2, 0.25) is 0 Å². The molecule has 1 aliphatic heterocycles. The third kappa shape index (κ3) is 1.75. The highest BCUT2D eigenvalue weighted by Crippen LogP contribution is 2.21. The van der Waals surface area contributed by atoms with E-state index in [0.717, 1.165) is 6.54 Å². The molecule has 1 saturated heterocycles. The van der Waals surface area contributed by atoms with Gasteiger partial charge in [0.1, 0.15) is 0 Å². The molecule has 2 heterocycles. The van der Waals surface area contributed by atoms with Crippen LogP contribution in [0.5, 0.6) is 0 Å². The van der Waals surface area contributed by atoms with E-state index in [2.05, 4.69) is 34.9 Å². The molecule has 0 saturated carbocycles. The van der Waals surface area contributed by atoms with Crippen LogP contribution < -0.4 is 5.32 Å². The van der Waals surface area contributed by atoms with Crippen LogP contribution in [0.15, 0.2) is 12.5 Å². The zero-order valence-electron chi connectivity index (χ0n) is 8.33. The second-order valence-electron chi connectivity index (χ2n) is 3.99. The molecule has 1 fully saturated rings. The van der Waals surface area contributed by atoms with Crippen LogP contribution in [0.3, 0.4) is 0 Å². The minimum Gasteiger partial charge on any atom is -0.335 e. The van der Waals surface area contributed by atoms with Crippen LogP contribution in [0.4, 0.5) is 0 Å². The lowest BCUT2D eigenvalue weighted by atomic mass is 10.2. The maximum atomic E-state index is 4.42. The fourth-order valence-electron chi connectivity index (χ4n) is 1.75. The summed E-state index contributed by atoms with van der Waals surface area (Å²) >= 11 is 0. The molecule has 1 N–H and O–H groups in total. The molecule has 0 unspecified atom stereocenters. The van der Waals surface area contributed by atoms with E-state index in [1.54, 1.807) is 0 Å². The van der Waals surface area contributed by atoms with Gasteiger partial charge in [0.2, 0.25) is 0 Å². The van der Waals surface area contributed by atoms with Gasteiger partial charge in [0, 0.05) is 12.2 Å². The van der Waals surface area contributed by atoms with Crippen molar-refractivity contribution >= 4 is 0 Å². The summed E-state index contributed by atoms with van der Waals surface area (Å²) in [6, 6.07) is 1.02. The second-order valence-corrected chi connectivity index (χ2v) is 3.99. The molecular formula is C10H17N3. The molecule has 3 heteroatoms. The van der Waals surface area contributed by atoms with Gasteiger partial charge < -0.3 is 9.88 Å². The van der Waals surface area contributed by atoms with Crippen molar-refractivity contribution in [3.63, 3.8) is 0 Å². The number of hydrogen-bond acceptors (Lipinski definition) is 2. The van der Waals surface area contributed by atoms with Gasteiger partial charge in [-0.25, -0.2) is 4.98 Å². The number of nitrogens with zero attached hydrogens (tertiary/aromatic N) is 2. The van der Waals surface area contributed by atoms with Gasteiger partial charge in [-0.3, -0.25) is 0 Å². The molecule has 0 radical (unpaired) electrons. The monoisotopic (exact) mass is 179 g/mol. The Morgan fingerprint density at radius 3 is 3.00 bits per heavy atom. The average molecular weight is 179 g/mol. The highest BCUT2D eigenvalue weighted by atomic mass is 15.1. The van der Waals surface area contributed by atoms with E-state index in [1.165, 1.54) is 18.5 Å². The molecule has 1 aromatic rings. The summed E-state index contributed by atoms with van der Waals surface area (Å²) in [7, 11) is 0. The van der Waals surface area contributed by atoms with Gasteiger partial charge in [-0.1, -0.05) is 0 Å². The van der Waals surface area contributed by atoms with Crippen molar-refractivity contribution in [3.05, 3.63) is 18.2 Å². The zero-order chi connectivity index (χ0) is 9.26. The predicted octanol–water partition coefficient (Wildman–Crippen LogP) is 1.89. The minimum absolute atomic E-state index is 0.500. The van der Waals surface area contributed by atoms with Crippen molar-refractivity contribution in [2.24, 2.45) is 0 Å².